The Bertz CT molecular complexity index is 3650. The average molecular weight is 1150 g/mol. The lowest BCUT2D eigenvalue weighted by atomic mass is 9.76. The zero-order valence-corrected chi connectivity index (χ0v) is 38.6. The van der Waals surface area contributed by atoms with Crippen molar-refractivity contribution in [1.29, 1.82) is 0 Å². The van der Waals surface area contributed by atoms with Gasteiger partial charge in [0, 0.05) is 0 Å². The van der Waals surface area contributed by atoms with E-state index in [0.717, 1.165) is 48.5 Å². The molecule has 0 spiro atoms. The van der Waals surface area contributed by atoms with Gasteiger partial charge < -0.3 is 0 Å². The van der Waals surface area contributed by atoms with Gasteiger partial charge in [0.15, 0.2) is 0 Å². The molecule has 0 atom stereocenters. The molecule has 0 heterocycles. The quantitative estimate of drug-likeness (QED) is 0.0936. The van der Waals surface area contributed by atoms with Crippen LogP contribution in [0.15, 0.2) is 121 Å². The van der Waals surface area contributed by atoms with Crippen LogP contribution in [0, 0.1) is 0 Å². The van der Waals surface area contributed by atoms with Gasteiger partial charge in [0.25, 0.3) is 0 Å². The maximum absolute atomic E-state index is 14.5. The lowest BCUT2D eigenvalue weighted by Crippen LogP contribution is -2.11. The number of alkyl halides is 24. The lowest BCUT2D eigenvalue weighted by Gasteiger charge is -2.26. The molecule has 0 nitrogen and oxygen atoms in total. The maximum atomic E-state index is 14.5. The molecule has 0 amide bonds. The van der Waals surface area contributed by atoms with Crippen molar-refractivity contribution in [2.75, 3.05) is 0 Å². The summed E-state index contributed by atoms with van der Waals surface area (Å²) in [5.41, 5.74) is -20.9. The van der Waals surface area contributed by atoms with Crippen molar-refractivity contribution in [3.05, 3.63) is 166 Å². The van der Waals surface area contributed by atoms with Crippen LogP contribution in [-0.4, -0.2) is 0 Å². The zero-order valence-electron chi connectivity index (χ0n) is 38.6. The van der Waals surface area contributed by atoms with Gasteiger partial charge in [-0.1, -0.05) is 24.3 Å². The van der Waals surface area contributed by atoms with Crippen LogP contribution in [0.1, 0.15) is 44.5 Å². The van der Waals surface area contributed by atoms with Crippen LogP contribution in [-0.2, 0) is 49.4 Å². The molecule has 11 rings (SSSR count). The molecule has 11 aromatic carbocycles. The highest BCUT2D eigenvalue weighted by Gasteiger charge is 2.42. The molecule has 80 heavy (non-hydrogen) atoms. The van der Waals surface area contributed by atoms with Gasteiger partial charge in [0.05, 0.1) is 44.5 Å². The molecule has 0 bridgehead atoms. The zero-order chi connectivity index (χ0) is 58.3. The Morgan fingerprint density at radius 3 is 0.463 bits per heavy atom. The fraction of sp³-hybridized carbons (Fsp3) is 0.143. The number of hydrogen-bond donors (Lipinski definition) is 0. The van der Waals surface area contributed by atoms with Crippen molar-refractivity contribution in [2.45, 2.75) is 49.4 Å². The van der Waals surface area contributed by atoms with Crippen LogP contribution >= 0.6 is 0 Å². The van der Waals surface area contributed by atoms with Gasteiger partial charge in [0.1, 0.15) is 0 Å². The molecule has 0 fully saturated rings. The van der Waals surface area contributed by atoms with Gasteiger partial charge in [-0.3, -0.25) is 0 Å². The minimum absolute atomic E-state index is 0.229. The molecule has 0 aliphatic rings. The molecule has 0 saturated carbocycles. The van der Waals surface area contributed by atoms with Crippen molar-refractivity contribution in [3.8, 4) is 44.5 Å². The van der Waals surface area contributed by atoms with Crippen molar-refractivity contribution in [3.63, 3.8) is 0 Å². The molecule has 0 aromatic heterocycles. The summed E-state index contributed by atoms with van der Waals surface area (Å²) in [5.74, 6) is 0. The summed E-state index contributed by atoms with van der Waals surface area (Å²) in [6.45, 7) is 0. The summed E-state index contributed by atoms with van der Waals surface area (Å²) in [5, 5.41) is -3.68. The molecule has 24 heteroatoms. The third-order valence-electron chi connectivity index (χ3n) is 13.9. The first-order chi connectivity index (χ1) is 36.7. The van der Waals surface area contributed by atoms with E-state index in [2.05, 4.69) is 0 Å². The Kier molecular flexibility index (Phi) is 11.4. The topological polar surface area (TPSA) is 0 Å². The van der Waals surface area contributed by atoms with Gasteiger partial charge in [-0.25, -0.2) is 0 Å². The van der Waals surface area contributed by atoms with Crippen LogP contribution < -0.4 is 0 Å². The molecule has 0 aliphatic carbocycles. The van der Waals surface area contributed by atoms with E-state index in [1.807, 2.05) is 0 Å². The molecule has 0 saturated heterocycles. The van der Waals surface area contributed by atoms with E-state index in [9.17, 15) is 105 Å². The fourth-order valence-corrected chi connectivity index (χ4v) is 10.7. The third-order valence-corrected chi connectivity index (χ3v) is 13.9. The van der Waals surface area contributed by atoms with Crippen molar-refractivity contribution in [2.24, 2.45) is 0 Å². The van der Waals surface area contributed by atoms with E-state index < -0.39 is 149 Å². The average Bonchev–Trinajstić information content (AvgIpc) is 3.55. The Hall–Kier alpha value is -7.92. The van der Waals surface area contributed by atoms with Gasteiger partial charge in [-0.15, -0.1) is 0 Å². The highest BCUT2D eigenvalue weighted by Crippen LogP contribution is 2.57. The molecular formula is C56H20F24. The van der Waals surface area contributed by atoms with Gasteiger partial charge in [0.2, 0.25) is 0 Å². The van der Waals surface area contributed by atoms with Gasteiger partial charge >= 0.3 is 49.4 Å². The normalized spacial score (nSPS) is 14.0. The van der Waals surface area contributed by atoms with E-state index >= 15 is 0 Å². The fourth-order valence-electron chi connectivity index (χ4n) is 10.7. The first kappa shape index (κ1) is 54.1. The van der Waals surface area contributed by atoms with Crippen LogP contribution in [0.25, 0.3) is 109 Å². The van der Waals surface area contributed by atoms with Gasteiger partial charge in [-0.2, -0.15) is 105 Å². The Balaban J connectivity index is 1.42. The molecule has 412 valence electrons. The van der Waals surface area contributed by atoms with Crippen molar-refractivity contribution in [1.82, 2.24) is 0 Å². The van der Waals surface area contributed by atoms with Gasteiger partial charge in [-0.05, 0) is 206 Å². The molecule has 11 aromatic rings. The minimum Gasteiger partial charge on any atom is -0.166 e. The predicted molar refractivity (Wildman–Crippen MR) is 247 cm³/mol. The highest BCUT2D eigenvalue weighted by molar-refractivity contribution is 6.48. The molecule has 0 N–H and O–H groups in total. The van der Waals surface area contributed by atoms with Crippen LogP contribution in [0.5, 0.6) is 0 Å². The van der Waals surface area contributed by atoms with E-state index in [4.69, 9.17) is 0 Å². The Morgan fingerprint density at radius 2 is 0.325 bits per heavy atom. The van der Waals surface area contributed by atoms with Crippen molar-refractivity contribution < 1.29 is 105 Å². The Morgan fingerprint density at radius 1 is 0.175 bits per heavy atom. The summed E-state index contributed by atoms with van der Waals surface area (Å²) in [7, 11) is 0. The predicted octanol–water partition coefficient (Wildman–Crippen LogP) is 21.7. The largest absolute Gasteiger partial charge is 0.416 e. The number of halogens is 24. The van der Waals surface area contributed by atoms with E-state index in [1.165, 1.54) is 0 Å². The summed E-state index contributed by atoms with van der Waals surface area (Å²) in [6, 6.07) is 9.02. The van der Waals surface area contributed by atoms with E-state index in [1.54, 1.807) is 0 Å². The molecular weight excluding hydrogens is 1130 g/mol. The molecule has 0 unspecified atom stereocenters. The standard InChI is InChI=1S/C56H20F24/c57-49(58,59)27-5-21(6-28(17-27)50(60,61)62)39-13-25-15-41(23-9-31(53(69,70)71)19-32(10-23)54(72,73)74)37-3-4-38-42(24-11-33(55(75,76)77)20-34(12-24)56(78,79)80)16-26-14-40(22-7-29(51(63,64)65)18-30(8-22)52(66,67)68)36-2-1-35(39)45-43(25)47(37)48(38)44(26)46(36)45/h1-20H. The third kappa shape index (κ3) is 8.88. The smallest absolute Gasteiger partial charge is 0.166 e. The van der Waals surface area contributed by atoms with Crippen LogP contribution in [0.4, 0.5) is 105 Å². The molecule has 0 aliphatic heterocycles. The van der Waals surface area contributed by atoms with Crippen molar-refractivity contribution >= 4 is 64.6 Å². The highest BCUT2D eigenvalue weighted by atomic mass is 19.4. The monoisotopic (exact) mass is 1150 g/mol. The lowest BCUT2D eigenvalue weighted by molar-refractivity contribution is -0.144. The second-order valence-electron chi connectivity index (χ2n) is 18.9. The summed E-state index contributed by atoms with van der Waals surface area (Å²) < 4.78 is 348. The SMILES string of the molecule is FC(F)(F)c1cc(-c2cc3cc(-c4cc(C(F)(F)F)cc(C(F)(F)F)c4)c4ccc5c(-c6cc(C(F)(F)F)cc(C(F)(F)F)c6)cc6cc(-c7cc(C(F)(F)F)cc(C(F)(F)F)c7)c7ccc2c2c3c4c5c6c72)cc(C(F)(F)F)c1. The van der Waals surface area contributed by atoms with E-state index in [-0.39, 0.29) is 127 Å². The second-order valence-corrected chi connectivity index (χ2v) is 18.9. The minimum atomic E-state index is -5.51. The number of benzene rings is 11. The van der Waals surface area contributed by atoms with Crippen LogP contribution in [0.3, 0.4) is 0 Å². The first-order valence-electron chi connectivity index (χ1n) is 22.6. The van der Waals surface area contributed by atoms with E-state index in [0.29, 0.717) is 0 Å². The summed E-state index contributed by atoms with van der Waals surface area (Å²) in [4.78, 5) is 0. The number of rotatable bonds is 4. The Labute approximate surface area is 429 Å². The summed E-state index contributed by atoms with van der Waals surface area (Å²) >= 11 is 0. The first-order valence-corrected chi connectivity index (χ1v) is 22.6. The second kappa shape index (κ2) is 16.8. The number of hydrogen-bond acceptors (Lipinski definition) is 0. The molecule has 0 radical (unpaired) electrons. The maximum Gasteiger partial charge on any atom is 0.416 e. The van der Waals surface area contributed by atoms with Crippen LogP contribution in [0.2, 0.25) is 0 Å². The summed E-state index contributed by atoms with van der Waals surface area (Å²) in [6.07, 6.45) is -44.0.